The van der Waals surface area contributed by atoms with E-state index in [2.05, 4.69) is 31.2 Å². The lowest BCUT2D eigenvalue weighted by Crippen LogP contribution is -2.45. The number of aromatic amines is 1. The van der Waals surface area contributed by atoms with Gasteiger partial charge in [0.15, 0.2) is 0 Å². The Hall–Kier alpha value is -5.03. The summed E-state index contributed by atoms with van der Waals surface area (Å²) in [4.78, 5) is 22.4. The number of aromatic nitrogens is 4. The number of nitrogens with zero attached hydrogens (tertiary/aromatic N) is 5. The normalized spacial score (nSPS) is 14.7. The van der Waals surface area contributed by atoms with Crippen LogP contribution in [0.5, 0.6) is 5.75 Å². The molecule has 11 nitrogen and oxygen atoms in total. The third-order valence-corrected chi connectivity index (χ3v) is 7.97. The molecule has 4 heterocycles. The molecule has 5 N–H and O–H groups in total. The predicted molar refractivity (Wildman–Crippen MR) is 167 cm³/mol. The maximum absolute atomic E-state index is 9.39. The van der Waals surface area contributed by atoms with Crippen LogP contribution in [0.4, 0.5) is 23.0 Å². The average Bonchev–Trinajstić information content (AvgIpc) is 3.62. The van der Waals surface area contributed by atoms with E-state index in [1.54, 1.807) is 19.6 Å². The van der Waals surface area contributed by atoms with Crippen molar-refractivity contribution in [3.05, 3.63) is 72.5 Å². The van der Waals surface area contributed by atoms with Crippen LogP contribution >= 0.6 is 0 Å². The zero-order chi connectivity index (χ0) is 29.3. The van der Waals surface area contributed by atoms with Crippen LogP contribution in [0.2, 0.25) is 0 Å². The predicted octanol–water partition coefficient (Wildman–Crippen LogP) is 4.95. The van der Waals surface area contributed by atoms with E-state index in [0.29, 0.717) is 41.6 Å². The number of nitrogens with one attached hydrogen (secondary N) is 2. The number of aliphatic hydroxyl groups is 1. The molecule has 1 saturated heterocycles. The van der Waals surface area contributed by atoms with Crippen molar-refractivity contribution in [1.82, 2.24) is 24.8 Å². The molecule has 0 spiro atoms. The van der Waals surface area contributed by atoms with Gasteiger partial charge in [-0.15, -0.1) is 0 Å². The van der Waals surface area contributed by atoms with Crippen molar-refractivity contribution < 1.29 is 14.3 Å². The van der Waals surface area contributed by atoms with Gasteiger partial charge in [0.05, 0.1) is 47.5 Å². The molecule has 1 fully saturated rings. The number of aliphatic hydroxyl groups excluding tert-OH is 1. The smallest absolute Gasteiger partial charge is 0.227 e. The summed E-state index contributed by atoms with van der Waals surface area (Å²) in [7, 11) is 1.65. The lowest BCUT2D eigenvalue weighted by Gasteiger charge is -2.37. The van der Waals surface area contributed by atoms with Crippen molar-refractivity contribution >= 4 is 34.0 Å². The molecular weight excluding hydrogens is 544 g/mol. The number of hydrogen-bond acceptors (Lipinski definition) is 10. The van der Waals surface area contributed by atoms with Crippen molar-refractivity contribution in [3.63, 3.8) is 0 Å². The van der Waals surface area contributed by atoms with Gasteiger partial charge in [-0.1, -0.05) is 18.2 Å². The molecular formula is C32H34N8O3. The maximum atomic E-state index is 9.39. The Balaban J connectivity index is 1.17. The zero-order valence-electron chi connectivity index (χ0n) is 24.0. The third kappa shape index (κ3) is 5.46. The van der Waals surface area contributed by atoms with Crippen LogP contribution in [-0.4, -0.2) is 69.8 Å². The van der Waals surface area contributed by atoms with Gasteiger partial charge in [0.1, 0.15) is 17.2 Å². The molecule has 0 radical (unpaired) electrons. The number of aryl methyl sites for hydroxylation is 1. The Morgan fingerprint density at radius 3 is 2.70 bits per heavy atom. The van der Waals surface area contributed by atoms with Crippen molar-refractivity contribution in [2.24, 2.45) is 0 Å². The number of piperazine rings is 1. The Morgan fingerprint density at radius 2 is 1.91 bits per heavy atom. The van der Waals surface area contributed by atoms with Crippen molar-refractivity contribution in [2.75, 3.05) is 55.8 Å². The number of hydrogen-bond donors (Lipinski definition) is 4. The van der Waals surface area contributed by atoms with Gasteiger partial charge in [0.25, 0.3) is 0 Å². The first-order chi connectivity index (χ1) is 21.1. The molecule has 0 saturated carbocycles. The quantitative estimate of drug-likeness (QED) is 0.168. The molecule has 11 heteroatoms. The lowest BCUT2D eigenvalue weighted by molar-refractivity contribution is 0.287. The first-order valence-corrected chi connectivity index (χ1v) is 14.5. The number of nitrogen functional groups attached to an aromatic ring is 1. The number of fused-ring (bicyclic) bond motifs is 1. The molecule has 3 aromatic heterocycles. The Bertz CT molecular complexity index is 1800. The fourth-order valence-electron chi connectivity index (χ4n) is 5.63. The molecule has 2 aliphatic rings. The minimum absolute atomic E-state index is 0.0868. The number of nitrogens with two attached hydrogens (primary N) is 1. The largest absolute Gasteiger partial charge is 0.494 e. The van der Waals surface area contributed by atoms with Gasteiger partial charge in [0.2, 0.25) is 5.95 Å². The summed E-state index contributed by atoms with van der Waals surface area (Å²) in [5.41, 5.74) is 14.2. The van der Waals surface area contributed by atoms with E-state index in [0.717, 1.165) is 72.0 Å². The molecule has 0 amide bonds. The number of H-pyrrole nitrogens is 1. The molecule has 0 bridgehead atoms. The molecule has 2 aromatic carbocycles. The van der Waals surface area contributed by atoms with Crippen LogP contribution < -0.4 is 20.7 Å². The summed E-state index contributed by atoms with van der Waals surface area (Å²) in [5, 5.41) is 13.7. The molecule has 43 heavy (non-hydrogen) atoms. The van der Waals surface area contributed by atoms with Gasteiger partial charge >= 0.3 is 0 Å². The molecule has 5 aromatic rings. The van der Waals surface area contributed by atoms with E-state index in [1.807, 2.05) is 42.5 Å². The molecule has 1 aliphatic carbocycles. The highest BCUT2D eigenvalue weighted by atomic mass is 16.5. The van der Waals surface area contributed by atoms with Gasteiger partial charge in [-0.05, 0) is 30.7 Å². The maximum Gasteiger partial charge on any atom is 0.227 e. The summed E-state index contributed by atoms with van der Waals surface area (Å²) in [6.07, 6.45) is 7.98. The lowest BCUT2D eigenvalue weighted by atomic mass is 10.1. The van der Waals surface area contributed by atoms with Crippen LogP contribution in [0, 0.1) is 0 Å². The second-order valence-corrected chi connectivity index (χ2v) is 10.8. The van der Waals surface area contributed by atoms with Gasteiger partial charge in [-0.2, -0.15) is 0 Å². The van der Waals surface area contributed by atoms with E-state index in [-0.39, 0.29) is 6.61 Å². The Labute approximate surface area is 249 Å². The van der Waals surface area contributed by atoms with Crippen molar-refractivity contribution in [2.45, 2.75) is 19.3 Å². The van der Waals surface area contributed by atoms with Crippen LogP contribution in [-0.2, 0) is 6.42 Å². The summed E-state index contributed by atoms with van der Waals surface area (Å²) in [6.45, 7) is 3.87. The number of methoxy groups -OCH3 is 1. The third-order valence-electron chi connectivity index (χ3n) is 7.97. The molecule has 1 aliphatic heterocycles. The Kier molecular flexibility index (Phi) is 7.07. The SMILES string of the molecule is COc1cc(N2CCN(C3=CC3)CC2)c(N)cc1Nc1nccc(-c2[nH]c(CCCO)nc2-c2ccc3ccoc3c2)n1. The molecule has 220 valence electrons. The highest BCUT2D eigenvalue weighted by Gasteiger charge is 2.24. The Morgan fingerprint density at radius 1 is 1.07 bits per heavy atom. The number of ether oxygens (including phenoxy) is 1. The fourth-order valence-corrected chi connectivity index (χ4v) is 5.63. The minimum atomic E-state index is 0.0868. The van der Waals surface area contributed by atoms with Gasteiger partial charge in [-0.3, -0.25) is 0 Å². The van der Waals surface area contributed by atoms with Gasteiger partial charge in [0, 0.05) is 74.5 Å². The first kappa shape index (κ1) is 26.8. The standard InChI is InChI=1S/C32H34N8O3/c1-42-28-19-26(40-13-11-39(12-14-40)22-6-7-22)23(33)18-25(28)36-32-34-10-8-24(35-32)31-30(37-29(38-31)3-2-15-41)21-5-4-20-9-16-43-27(20)17-21/h4-6,8-10,16-19,41H,2-3,7,11-15,33H2,1H3,(H,37,38)(H,34,35,36). The average molecular weight is 579 g/mol. The number of anilines is 4. The number of allylic oxidation sites excluding steroid dienone is 2. The summed E-state index contributed by atoms with van der Waals surface area (Å²) < 4.78 is 11.4. The monoisotopic (exact) mass is 578 g/mol. The number of benzene rings is 2. The highest BCUT2D eigenvalue weighted by molar-refractivity contribution is 5.86. The zero-order valence-corrected chi connectivity index (χ0v) is 24.0. The van der Waals surface area contributed by atoms with E-state index in [9.17, 15) is 5.11 Å². The first-order valence-electron chi connectivity index (χ1n) is 14.5. The van der Waals surface area contributed by atoms with Crippen LogP contribution in [0.15, 0.2) is 71.1 Å². The minimum Gasteiger partial charge on any atom is -0.494 e. The van der Waals surface area contributed by atoms with Crippen LogP contribution in [0.1, 0.15) is 18.7 Å². The highest BCUT2D eigenvalue weighted by Crippen LogP contribution is 2.38. The van der Waals surface area contributed by atoms with E-state index in [1.165, 1.54) is 5.70 Å². The molecule has 0 atom stereocenters. The van der Waals surface area contributed by atoms with E-state index >= 15 is 0 Å². The van der Waals surface area contributed by atoms with Crippen LogP contribution in [0.25, 0.3) is 33.6 Å². The van der Waals surface area contributed by atoms with Crippen molar-refractivity contribution in [1.29, 1.82) is 0 Å². The van der Waals surface area contributed by atoms with E-state index < -0.39 is 0 Å². The van der Waals surface area contributed by atoms with Crippen LogP contribution in [0.3, 0.4) is 0 Å². The van der Waals surface area contributed by atoms with Gasteiger partial charge < -0.3 is 40.1 Å². The number of imidazole rings is 1. The topological polar surface area (TPSA) is 142 Å². The second kappa shape index (κ2) is 11.3. The fraction of sp³-hybridized carbons (Fsp3) is 0.281. The summed E-state index contributed by atoms with van der Waals surface area (Å²) in [5.74, 6) is 1.82. The van der Waals surface area contributed by atoms with Crippen molar-refractivity contribution in [3.8, 4) is 28.4 Å². The molecule has 7 rings (SSSR count). The van der Waals surface area contributed by atoms with Gasteiger partial charge in [-0.25, -0.2) is 15.0 Å². The summed E-state index contributed by atoms with van der Waals surface area (Å²) in [6, 6.07) is 13.6. The number of furan rings is 1. The number of rotatable bonds is 10. The second-order valence-electron chi connectivity index (χ2n) is 10.8. The van der Waals surface area contributed by atoms with E-state index in [4.69, 9.17) is 24.9 Å². The summed E-state index contributed by atoms with van der Waals surface area (Å²) >= 11 is 0. The molecule has 0 unspecified atom stereocenters.